The Labute approximate surface area is 134 Å². The molecule has 1 saturated heterocycles. The molecule has 3 heteroatoms. The number of carbonyl (C=O) groups is 1. The molecule has 3 nitrogen and oxygen atoms in total. The summed E-state index contributed by atoms with van der Waals surface area (Å²) in [4.78, 5) is 12.2. The van der Waals surface area contributed by atoms with E-state index in [2.05, 4.69) is 55.7 Å². The summed E-state index contributed by atoms with van der Waals surface area (Å²) < 4.78 is 0. The van der Waals surface area contributed by atoms with E-state index in [-0.39, 0.29) is 17.2 Å². The first kappa shape index (κ1) is 17.0. The van der Waals surface area contributed by atoms with Crippen molar-refractivity contribution in [1.82, 2.24) is 10.6 Å². The van der Waals surface area contributed by atoms with Gasteiger partial charge in [-0.1, -0.05) is 45.0 Å². The minimum absolute atomic E-state index is 0.173. The maximum absolute atomic E-state index is 12.2. The summed E-state index contributed by atoms with van der Waals surface area (Å²) in [6, 6.07) is 8.65. The standard InChI is InChI=1S/C19H30N2O/c1-4-16-5-7-17(8-6-16)15(2)13-18(22)21-14-19(3)9-11-20-12-10-19/h5-8,15,20H,4,9-14H2,1-3H3,(H,21,22). The van der Waals surface area contributed by atoms with Crippen molar-refractivity contribution < 1.29 is 4.79 Å². The van der Waals surface area contributed by atoms with Crippen LogP contribution in [0.4, 0.5) is 0 Å². The van der Waals surface area contributed by atoms with Crippen LogP contribution in [0.3, 0.4) is 0 Å². The van der Waals surface area contributed by atoms with E-state index in [0.29, 0.717) is 6.42 Å². The normalized spacial score (nSPS) is 18.7. The van der Waals surface area contributed by atoms with Gasteiger partial charge in [-0.05, 0) is 54.8 Å². The van der Waals surface area contributed by atoms with Crippen molar-refractivity contribution in [2.24, 2.45) is 5.41 Å². The lowest BCUT2D eigenvalue weighted by Crippen LogP contribution is -2.43. The first-order valence-electron chi connectivity index (χ1n) is 8.59. The van der Waals surface area contributed by atoms with Crippen LogP contribution in [0.5, 0.6) is 0 Å². The van der Waals surface area contributed by atoms with E-state index in [1.165, 1.54) is 11.1 Å². The summed E-state index contributed by atoms with van der Waals surface area (Å²) in [6.45, 7) is 9.50. The maximum Gasteiger partial charge on any atom is 0.220 e. The number of hydrogen-bond donors (Lipinski definition) is 2. The molecule has 1 amide bonds. The number of piperidine rings is 1. The number of aryl methyl sites for hydroxylation is 1. The number of hydrogen-bond acceptors (Lipinski definition) is 2. The quantitative estimate of drug-likeness (QED) is 0.847. The minimum atomic E-state index is 0.173. The Morgan fingerprint density at radius 1 is 1.27 bits per heavy atom. The first-order valence-corrected chi connectivity index (χ1v) is 8.59. The third-order valence-corrected chi connectivity index (χ3v) is 4.97. The van der Waals surface area contributed by atoms with Gasteiger partial charge in [0.05, 0.1) is 0 Å². The summed E-state index contributed by atoms with van der Waals surface area (Å²) in [5, 5.41) is 6.53. The van der Waals surface area contributed by atoms with Crippen LogP contribution in [0.15, 0.2) is 24.3 Å². The van der Waals surface area contributed by atoms with E-state index in [9.17, 15) is 4.79 Å². The Morgan fingerprint density at radius 3 is 2.50 bits per heavy atom. The zero-order chi connectivity index (χ0) is 16.0. The third kappa shape index (κ3) is 4.84. The molecule has 2 rings (SSSR count). The molecule has 0 aromatic heterocycles. The Morgan fingerprint density at radius 2 is 1.91 bits per heavy atom. The number of rotatable bonds is 6. The largest absolute Gasteiger partial charge is 0.356 e. The minimum Gasteiger partial charge on any atom is -0.356 e. The Balaban J connectivity index is 1.80. The van der Waals surface area contributed by atoms with E-state index in [4.69, 9.17) is 0 Å². The van der Waals surface area contributed by atoms with Gasteiger partial charge in [-0.25, -0.2) is 0 Å². The molecule has 1 aliphatic heterocycles. The van der Waals surface area contributed by atoms with Gasteiger partial charge in [-0.15, -0.1) is 0 Å². The number of amides is 1. The van der Waals surface area contributed by atoms with E-state index < -0.39 is 0 Å². The molecule has 122 valence electrons. The average Bonchev–Trinajstić information content (AvgIpc) is 2.54. The van der Waals surface area contributed by atoms with Crippen LogP contribution >= 0.6 is 0 Å². The molecule has 0 aliphatic carbocycles. The third-order valence-electron chi connectivity index (χ3n) is 4.97. The smallest absolute Gasteiger partial charge is 0.220 e. The highest BCUT2D eigenvalue weighted by atomic mass is 16.1. The lowest BCUT2D eigenvalue weighted by molar-refractivity contribution is -0.122. The summed E-state index contributed by atoms with van der Waals surface area (Å²) in [5.74, 6) is 0.443. The molecule has 0 spiro atoms. The average molecular weight is 302 g/mol. The van der Waals surface area contributed by atoms with Gasteiger partial charge >= 0.3 is 0 Å². The van der Waals surface area contributed by atoms with Crippen LogP contribution < -0.4 is 10.6 Å². The van der Waals surface area contributed by atoms with Gasteiger partial charge in [0.1, 0.15) is 0 Å². The van der Waals surface area contributed by atoms with E-state index in [1.807, 2.05) is 0 Å². The second-order valence-corrected chi connectivity index (χ2v) is 7.04. The van der Waals surface area contributed by atoms with Gasteiger partial charge in [-0.3, -0.25) is 4.79 Å². The molecule has 1 aromatic rings. The van der Waals surface area contributed by atoms with Crippen molar-refractivity contribution >= 4 is 5.91 Å². The number of carbonyl (C=O) groups excluding carboxylic acids is 1. The van der Waals surface area contributed by atoms with Gasteiger partial charge in [0.25, 0.3) is 0 Å². The second kappa shape index (κ2) is 7.77. The van der Waals surface area contributed by atoms with Gasteiger partial charge in [0.2, 0.25) is 5.91 Å². The van der Waals surface area contributed by atoms with Crippen molar-refractivity contribution in [3.63, 3.8) is 0 Å². The first-order chi connectivity index (χ1) is 10.5. The maximum atomic E-state index is 12.2. The Kier molecular flexibility index (Phi) is 6.01. The molecule has 2 N–H and O–H groups in total. The highest BCUT2D eigenvalue weighted by Crippen LogP contribution is 2.27. The Bertz CT molecular complexity index is 475. The second-order valence-electron chi connectivity index (χ2n) is 7.04. The van der Waals surface area contributed by atoms with E-state index in [1.54, 1.807) is 0 Å². The van der Waals surface area contributed by atoms with E-state index in [0.717, 1.165) is 38.9 Å². The lowest BCUT2D eigenvalue weighted by atomic mass is 9.81. The zero-order valence-electron chi connectivity index (χ0n) is 14.2. The highest BCUT2D eigenvalue weighted by molar-refractivity contribution is 5.76. The predicted molar refractivity (Wildman–Crippen MR) is 92.1 cm³/mol. The number of nitrogens with one attached hydrogen (secondary N) is 2. The molecule has 1 atom stereocenters. The van der Waals surface area contributed by atoms with Crippen molar-refractivity contribution in [1.29, 1.82) is 0 Å². The van der Waals surface area contributed by atoms with Crippen molar-refractivity contribution in [3.8, 4) is 0 Å². The van der Waals surface area contributed by atoms with Crippen LogP contribution in [0.1, 0.15) is 57.1 Å². The molecule has 1 heterocycles. The number of benzene rings is 1. The zero-order valence-corrected chi connectivity index (χ0v) is 14.2. The topological polar surface area (TPSA) is 41.1 Å². The van der Waals surface area contributed by atoms with Crippen molar-refractivity contribution in [3.05, 3.63) is 35.4 Å². The molecule has 1 fully saturated rings. The predicted octanol–water partition coefficient (Wildman–Crippen LogP) is 3.25. The Hall–Kier alpha value is -1.35. The summed E-state index contributed by atoms with van der Waals surface area (Å²) >= 11 is 0. The molecule has 1 unspecified atom stereocenters. The highest BCUT2D eigenvalue weighted by Gasteiger charge is 2.27. The van der Waals surface area contributed by atoms with Crippen LogP contribution in [0.2, 0.25) is 0 Å². The summed E-state index contributed by atoms with van der Waals surface area (Å²) in [6.07, 6.45) is 3.91. The van der Waals surface area contributed by atoms with Crippen LogP contribution in [-0.2, 0) is 11.2 Å². The molecule has 0 bridgehead atoms. The van der Waals surface area contributed by atoms with Gasteiger partial charge in [-0.2, -0.15) is 0 Å². The molecule has 1 aliphatic rings. The summed E-state index contributed by atoms with van der Waals surface area (Å²) in [5.41, 5.74) is 2.85. The molecule has 0 radical (unpaired) electrons. The van der Waals surface area contributed by atoms with Crippen molar-refractivity contribution in [2.75, 3.05) is 19.6 Å². The fourth-order valence-electron chi connectivity index (χ4n) is 3.07. The molecule has 22 heavy (non-hydrogen) atoms. The van der Waals surface area contributed by atoms with Crippen LogP contribution in [-0.4, -0.2) is 25.5 Å². The van der Waals surface area contributed by atoms with Gasteiger partial charge in [0.15, 0.2) is 0 Å². The SMILES string of the molecule is CCc1ccc(C(C)CC(=O)NCC2(C)CCNCC2)cc1. The molecular weight excluding hydrogens is 272 g/mol. The van der Waals surface area contributed by atoms with Gasteiger partial charge < -0.3 is 10.6 Å². The van der Waals surface area contributed by atoms with Gasteiger partial charge in [0, 0.05) is 13.0 Å². The van der Waals surface area contributed by atoms with Crippen LogP contribution in [0.25, 0.3) is 0 Å². The fourth-order valence-corrected chi connectivity index (χ4v) is 3.07. The molecular formula is C19H30N2O. The lowest BCUT2D eigenvalue weighted by Gasteiger charge is -2.34. The fraction of sp³-hybridized carbons (Fsp3) is 0.632. The molecule has 0 saturated carbocycles. The van der Waals surface area contributed by atoms with Crippen LogP contribution in [0, 0.1) is 5.41 Å². The van der Waals surface area contributed by atoms with E-state index >= 15 is 0 Å². The summed E-state index contributed by atoms with van der Waals surface area (Å²) in [7, 11) is 0. The monoisotopic (exact) mass is 302 g/mol. The van der Waals surface area contributed by atoms with Crippen molar-refractivity contribution in [2.45, 2.75) is 52.4 Å². The molecule has 1 aromatic carbocycles.